The molecule has 0 heterocycles. The van der Waals surface area contributed by atoms with E-state index in [1.165, 1.54) is 4.90 Å². The fourth-order valence-electron chi connectivity index (χ4n) is 0.999. The van der Waals surface area contributed by atoms with Crippen LogP contribution in [-0.4, -0.2) is 37.5 Å². The molecule has 5 nitrogen and oxygen atoms in total. The highest BCUT2D eigenvalue weighted by Crippen LogP contribution is 1.97. The van der Waals surface area contributed by atoms with E-state index >= 15 is 0 Å². The first-order valence-electron chi connectivity index (χ1n) is 5.56. The minimum atomic E-state index is -0.255. The maximum atomic E-state index is 11.5. The topological polar surface area (TPSA) is 62.6 Å². The number of nitriles is 1. The second-order valence-corrected chi connectivity index (χ2v) is 3.34. The van der Waals surface area contributed by atoms with Crippen molar-refractivity contribution in [3.05, 3.63) is 0 Å². The second kappa shape index (κ2) is 10.4. The Morgan fingerprint density at radius 2 is 1.69 bits per heavy atom. The molecular weight excluding hydrogens is 208 g/mol. The van der Waals surface area contributed by atoms with Crippen molar-refractivity contribution in [2.45, 2.75) is 33.1 Å². The minimum absolute atomic E-state index is 0.134. The van der Waals surface area contributed by atoms with E-state index in [1.807, 2.05) is 19.9 Å². The van der Waals surface area contributed by atoms with Crippen LogP contribution in [0.1, 0.15) is 33.1 Å². The first-order chi connectivity index (χ1) is 7.76. The number of carbonyl (C=O) groups is 1. The van der Waals surface area contributed by atoms with Gasteiger partial charge in [0.25, 0.3) is 0 Å². The molecule has 1 amide bonds. The van der Waals surface area contributed by atoms with E-state index in [0.29, 0.717) is 13.2 Å². The lowest BCUT2D eigenvalue weighted by Gasteiger charge is -2.21. The van der Waals surface area contributed by atoms with E-state index in [9.17, 15) is 4.79 Å². The Hall–Kier alpha value is -1.12. The zero-order chi connectivity index (χ0) is 12.2. The fourth-order valence-corrected chi connectivity index (χ4v) is 0.999. The van der Waals surface area contributed by atoms with Crippen LogP contribution in [0.2, 0.25) is 0 Å². The smallest absolute Gasteiger partial charge is 0.240 e. The van der Waals surface area contributed by atoms with Gasteiger partial charge in [0.2, 0.25) is 5.91 Å². The molecule has 0 atom stereocenters. The second-order valence-electron chi connectivity index (χ2n) is 3.34. The molecule has 0 aliphatic heterocycles. The number of nitrogens with zero attached hydrogens (tertiary/aromatic N) is 2. The predicted molar refractivity (Wildman–Crippen MR) is 59.3 cm³/mol. The Kier molecular flexibility index (Phi) is 9.67. The summed E-state index contributed by atoms with van der Waals surface area (Å²) in [6.07, 6.45) is 1.66. The van der Waals surface area contributed by atoms with Gasteiger partial charge in [0.1, 0.15) is 19.9 Å². The van der Waals surface area contributed by atoms with Crippen molar-refractivity contribution in [2.24, 2.45) is 0 Å². The number of amides is 1. The Balaban J connectivity index is 3.95. The van der Waals surface area contributed by atoms with E-state index in [4.69, 9.17) is 14.7 Å². The molecule has 0 saturated heterocycles. The molecule has 0 aliphatic rings. The van der Waals surface area contributed by atoms with E-state index in [1.54, 1.807) is 0 Å². The fraction of sp³-hybridized carbons (Fsp3) is 0.818. The zero-order valence-corrected chi connectivity index (χ0v) is 10.1. The minimum Gasteiger partial charge on any atom is -0.361 e. The standard InChI is InChI=1S/C11H20N2O3/c1-3-7-15-9-13(10-16-8-4-2)11(14)5-6-12/h3-5,7-10H2,1-2H3. The average molecular weight is 228 g/mol. The average Bonchev–Trinajstić information content (AvgIpc) is 2.28. The first-order valence-corrected chi connectivity index (χ1v) is 5.56. The summed E-state index contributed by atoms with van der Waals surface area (Å²) in [5.41, 5.74) is 0. The van der Waals surface area contributed by atoms with Crippen LogP contribution in [0.25, 0.3) is 0 Å². The third kappa shape index (κ3) is 7.21. The molecule has 0 fully saturated rings. The first kappa shape index (κ1) is 14.9. The van der Waals surface area contributed by atoms with E-state index < -0.39 is 0 Å². The lowest BCUT2D eigenvalue weighted by molar-refractivity contribution is -0.143. The van der Waals surface area contributed by atoms with Gasteiger partial charge in [0.05, 0.1) is 6.07 Å². The molecule has 0 aromatic heterocycles. The van der Waals surface area contributed by atoms with Crippen molar-refractivity contribution in [3.63, 3.8) is 0 Å². The molecule has 0 aromatic carbocycles. The number of hydrogen-bond acceptors (Lipinski definition) is 4. The lowest BCUT2D eigenvalue weighted by Crippen LogP contribution is -2.35. The number of ether oxygens (including phenoxy) is 2. The molecule has 5 heteroatoms. The van der Waals surface area contributed by atoms with Crippen LogP contribution in [-0.2, 0) is 14.3 Å². The molecule has 0 aromatic rings. The molecule has 16 heavy (non-hydrogen) atoms. The summed E-state index contributed by atoms with van der Waals surface area (Å²) in [6.45, 7) is 5.58. The normalized spacial score (nSPS) is 9.81. The quantitative estimate of drug-likeness (QED) is 0.443. The highest BCUT2D eigenvalue weighted by molar-refractivity contribution is 5.77. The maximum absolute atomic E-state index is 11.5. The highest BCUT2D eigenvalue weighted by Gasteiger charge is 2.12. The predicted octanol–water partition coefficient (Wildman–Crippen LogP) is 1.50. The van der Waals surface area contributed by atoms with Crippen LogP contribution in [0.4, 0.5) is 0 Å². The molecular formula is C11H20N2O3. The summed E-state index contributed by atoms with van der Waals surface area (Å²) in [5, 5.41) is 8.45. The summed E-state index contributed by atoms with van der Waals surface area (Å²) in [6, 6.07) is 1.83. The van der Waals surface area contributed by atoms with Crippen LogP contribution >= 0.6 is 0 Å². The molecule has 0 aliphatic carbocycles. The van der Waals surface area contributed by atoms with Gasteiger partial charge >= 0.3 is 0 Å². The van der Waals surface area contributed by atoms with Gasteiger partial charge in [0.15, 0.2) is 0 Å². The molecule has 0 unspecified atom stereocenters. The summed E-state index contributed by atoms with van der Waals surface area (Å²) < 4.78 is 10.5. The van der Waals surface area contributed by atoms with Gasteiger partial charge in [-0.2, -0.15) is 5.26 Å². The number of hydrogen-bond donors (Lipinski definition) is 0. The Labute approximate surface area is 96.9 Å². The van der Waals surface area contributed by atoms with Gasteiger partial charge in [-0.25, -0.2) is 0 Å². The zero-order valence-electron chi connectivity index (χ0n) is 10.1. The lowest BCUT2D eigenvalue weighted by atomic mass is 10.4. The molecule has 0 spiro atoms. The van der Waals surface area contributed by atoms with Gasteiger partial charge < -0.3 is 9.47 Å². The van der Waals surface area contributed by atoms with Crippen LogP contribution in [0, 0.1) is 11.3 Å². The van der Waals surface area contributed by atoms with Crippen LogP contribution in [0.3, 0.4) is 0 Å². The summed E-state index contributed by atoms with van der Waals surface area (Å²) in [7, 11) is 0. The molecule has 0 radical (unpaired) electrons. The Morgan fingerprint density at radius 1 is 1.19 bits per heavy atom. The highest BCUT2D eigenvalue weighted by atomic mass is 16.5. The third-order valence-corrected chi connectivity index (χ3v) is 1.77. The van der Waals surface area contributed by atoms with Crippen molar-refractivity contribution in [1.29, 1.82) is 5.26 Å². The van der Waals surface area contributed by atoms with E-state index in [-0.39, 0.29) is 25.8 Å². The van der Waals surface area contributed by atoms with E-state index in [0.717, 1.165) is 12.8 Å². The Bertz CT molecular complexity index is 216. The van der Waals surface area contributed by atoms with Crippen molar-refractivity contribution in [2.75, 3.05) is 26.7 Å². The molecule has 0 saturated carbocycles. The van der Waals surface area contributed by atoms with E-state index in [2.05, 4.69) is 0 Å². The maximum Gasteiger partial charge on any atom is 0.240 e. The molecule has 92 valence electrons. The van der Waals surface area contributed by atoms with Crippen molar-refractivity contribution >= 4 is 5.91 Å². The van der Waals surface area contributed by atoms with Crippen LogP contribution < -0.4 is 0 Å². The van der Waals surface area contributed by atoms with Crippen LogP contribution in [0.5, 0.6) is 0 Å². The number of rotatable bonds is 9. The molecule has 0 N–H and O–H groups in total. The van der Waals surface area contributed by atoms with Crippen molar-refractivity contribution in [3.8, 4) is 6.07 Å². The summed E-state index contributed by atoms with van der Waals surface area (Å²) in [4.78, 5) is 12.9. The van der Waals surface area contributed by atoms with Gasteiger partial charge in [-0.05, 0) is 12.8 Å². The van der Waals surface area contributed by atoms with Gasteiger partial charge in [-0.3, -0.25) is 9.69 Å². The van der Waals surface area contributed by atoms with Gasteiger partial charge in [-0.15, -0.1) is 0 Å². The summed E-state index contributed by atoms with van der Waals surface area (Å²) >= 11 is 0. The van der Waals surface area contributed by atoms with Gasteiger partial charge in [0, 0.05) is 13.2 Å². The monoisotopic (exact) mass is 228 g/mol. The van der Waals surface area contributed by atoms with Crippen molar-refractivity contribution in [1.82, 2.24) is 4.90 Å². The Morgan fingerprint density at radius 3 is 2.06 bits per heavy atom. The van der Waals surface area contributed by atoms with Crippen LogP contribution in [0.15, 0.2) is 0 Å². The largest absolute Gasteiger partial charge is 0.361 e. The summed E-state index contributed by atoms with van der Waals surface area (Å²) in [5.74, 6) is -0.255. The van der Waals surface area contributed by atoms with Gasteiger partial charge in [-0.1, -0.05) is 13.8 Å². The third-order valence-electron chi connectivity index (χ3n) is 1.77. The number of carbonyl (C=O) groups excluding carboxylic acids is 1. The van der Waals surface area contributed by atoms with Crippen molar-refractivity contribution < 1.29 is 14.3 Å². The SMILES string of the molecule is CCCOCN(COCCC)C(=O)CC#N. The molecule has 0 bridgehead atoms. The molecule has 0 rings (SSSR count).